The van der Waals surface area contributed by atoms with Crippen LogP contribution >= 0.6 is 12.4 Å². The molecule has 1 aromatic carbocycles. The Balaban J connectivity index is 0.00000264. The molecular weight excluding hydrogens is 306 g/mol. The van der Waals surface area contributed by atoms with Crippen molar-refractivity contribution in [3.63, 3.8) is 0 Å². The second-order valence-electron chi connectivity index (χ2n) is 7.14. The van der Waals surface area contributed by atoms with E-state index < -0.39 is 0 Å². The Labute approximate surface area is 149 Å². The zero-order valence-corrected chi connectivity index (χ0v) is 15.9. The van der Waals surface area contributed by atoms with Crippen molar-refractivity contribution < 1.29 is 4.74 Å². The summed E-state index contributed by atoms with van der Waals surface area (Å²) < 4.78 is 5.92. The van der Waals surface area contributed by atoms with Gasteiger partial charge in [0.25, 0.3) is 0 Å². The number of aryl methyl sites for hydroxylation is 1. The molecular formula is C20H34ClNO. The smallest absolute Gasteiger partial charge is 0.119 e. The van der Waals surface area contributed by atoms with E-state index in [4.69, 9.17) is 4.74 Å². The van der Waals surface area contributed by atoms with Crippen LogP contribution in [0.4, 0.5) is 0 Å². The lowest BCUT2D eigenvalue weighted by molar-refractivity contribution is 0.246. The molecule has 1 fully saturated rings. The van der Waals surface area contributed by atoms with Gasteiger partial charge >= 0.3 is 0 Å². The first kappa shape index (κ1) is 20.3. The third kappa shape index (κ3) is 7.58. The van der Waals surface area contributed by atoms with Gasteiger partial charge in [-0.2, -0.15) is 0 Å². The summed E-state index contributed by atoms with van der Waals surface area (Å²) in [6.45, 7) is 3.16. The Hall–Kier alpha value is -0.730. The van der Waals surface area contributed by atoms with E-state index >= 15 is 0 Å². The topological polar surface area (TPSA) is 12.5 Å². The first-order chi connectivity index (χ1) is 10.6. The van der Waals surface area contributed by atoms with E-state index in [-0.39, 0.29) is 12.4 Å². The van der Waals surface area contributed by atoms with E-state index in [2.05, 4.69) is 50.2 Å². The summed E-state index contributed by atoms with van der Waals surface area (Å²) in [5.41, 5.74) is 1.41. The van der Waals surface area contributed by atoms with Gasteiger partial charge in [0.1, 0.15) is 5.75 Å². The van der Waals surface area contributed by atoms with Crippen LogP contribution in [0.15, 0.2) is 24.3 Å². The van der Waals surface area contributed by atoms with Crippen molar-refractivity contribution in [2.75, 3.05) is 20.7 Å². The monoisotopic (exact) mass is 339 g/mol. The quantitative estimate of drug-likeness (QED) is 0.633. The zero-order chi connectivity index (χ0) is 15.8. The average Bonchev–Trinajstić information content (AvgIpc) is 2.54. The van der Waals surface area contributed by atoms with Crippen LogP contribution in [0.2, 0.25) is 0 Å². The van der Waals surface area contributed by atoms with E-state index in [1.165, 1.54) is 50.5 Å². The van der Waals surface area contributed by atoms with Crippen molar-refractivity contribution in [3.8, 4) is 5.75 Å². The van der Waals surface area contributed by atoms with Gasteiger partial charge in [0.05, 0.1) is 6.61 Å². The molecule has 0 spiro atoms. The van der Waals surface area contributed by atoms with E-state index in [0.29, 0.717) is 6.04 Å². The summed E-state index contributed by atoms with van der Waals surface area (Å²) in [5, 5.41) is 0. The summed E-state index contributed by atoms with van der Waals surface area (Å²) >= 11 is 0. The van der Waals surface area contributed by atoms with Crippen LogP contribution in [0, 0.1) is 5.92 Å². The summed E-state index contributed by atoms with van der Waals surface area (Å²) in [6.07, 6.45) is 10.7. The Bertz CT molecular complexity index is 412. The van der Waals surface area contributed by atoms with E-state index in [1.54, 1.807) is 0 Å². The molecule has 132 valence electrons. The van der Waals surface area contributed by atoms with Gasteiger partial charge in [-0.15, -0.1) is 12.4 Å². The SMILES string of the molecule is CC(CCc1ccc(OCCC2CCCCC2)cc1)N(C)C.Cl. The molecule has 0 aromatic heterocycles. The highest BCUT2D eigenvalue weighted by molar-refractivity contribution is 5.85. The highest BCUT2D eigenvalue weighted by atomic mass is 35.5. The molecule has 0 N–H and O–H groups in total. The fourth-order valence-electron chi connectivity index (χ4n) is 3.21. The van der Waals surface area contributed by atoms with Gasteiger partial charge in [0.15, 0.2) is 0 Å². The van der Waals surface area contributed by atoms with Crippen LogP contribution in [0.25, 0.3) is 0 Å². The average molecular weight is 340 g/mol. The van der Waals surface area contributed by atoms with Crippen LogP contribution in [-0.2, 0) is 6.42 Å². The van der Waals surface area contributed by atoms with E-state index in [1.807, 2.05) is 0 Å². The van der Waals surface area contributed by atoms with Crippen LogP contribution < -0.4 is 4.74 Å². The molecule has 0 saturated heterocycles. The normalized spacial score (nSPS) is 16.9. The van der Waals surface area contributed by atoms with Crippen molar-refractivity contribution in [3.05, 3.63) is 29.8 Å². The van der Waals surface area contributed by atoms with Crippen LogP contribution in [0.1, 0.15) is 57.4 Å². The highest BCUT2D eigenvalue weighted by Crippen LogP contribution is 2.26. The third-order valence-corrected chi connectivity index (χ3v) is 5.18. The summed E-state index contributed by atoms with van der Waals surface area (Å²) in [5.74, 6) is 1.93. The fourth-order valence-corrected chi connectivity index (χ4v) is 3.21. The predicted octanol–water partition coefficient (Wildman–Crippen LogP) is 5.34. The number of rotatable bonds is 8. The molecule has 0 aliphatic heterocycles. The number of benzene rings is 1. The van der Waals surface area contributed by atoms with E-state index in [0.717, 1.165) is 24.7 Å². The summed E-state index contributed by atoms with van der Waals surface area (Å²) in [4.78, 5) is 2.28. The van der Waals surface area contributed by atoms with Crippen molar-refractivity contribution in [1.29, 1.82) is 0 Å². The Morgan fingerprint density at radius 1 is 1.09 bits per heavy atom. The lowest BCUT2D eigenvalue weighted by Gasteiger charge is -2.21. The maximum Gasteiger partial charge on any atom is 0.119 e. The largest absolute Gasteiger partial charge is 0.494 e. The van der Waals surface area contributed by atoms with Gasteiger partial charge in [-0.1, -0.05) is 44.2 Å². The van der Waals surface area contributed by atoms with Crippen LogP contribution in [-0.4, -0.2) is 31.6 Å². The maximum atomic E-state index is 5.92. The molecule has 2 nitrogen and oxygen atoms in total. The fraction of sp³-hybridized carbons (Fsp3) is 0.700. The van der Waals surface area contributed by atoms with Crippen molar-refractivity contribution in [2.24, 2.45) is 5.92 Å². The van der Waals surface area contributed by atoms with Gasteiger partial charge in [-0.3, -0.25) is 0 Å². The van der Waals surface area contributed by atoms with Crippen LogP contribution in [0.3, 0.4) is 0 Å². The Kier molecular flexibility index (Phi) is 9.66. The van der Waals surface area contributed by atoms with Gasteiger partial charge < -0.3 is 9.64 Å². The molecule has 1 saturated carbocycles. The number of hydrogen-bond acceptors (Lipinski definition) is 2. The minimum absolute atomic E-state index is 0. The standard InChI is InChI=1S/C20H33NO.ClH/c1-17(21(2)3)9-10-19-11-13-20(14-12-19)22-16-15-18-7-5-4-6-8-18;/h11-14,17-18H,4-10,15-16H2,1-3H3;1H. The van der Waals surface area contributed by atoms with Gasteiger partial charge in [0, 0.05) is 6.04 Å². The minimum atomic E-state index is 0. The Morgan fingerprint density at radius 3 is 2.35 bits per heavy atom. The first-order valence-corrected chi connectivity index (χ1v) is 9.03. The molecule has 1 aliphatic carbocycles. The number of hydrogen-bond donors (Lipinski definition) is 0. The van der Waals surface area contributed by atoms with Gasteiger partial charge in [-0.05, 0) is 63.9 Å². The molecule has 2 rings (SSSR count). The summed E-state index contributed by atoms with van der Waals surface area (Å²) in [6, 6.07) is 9.34. The molecule has 1 aromatic rings. The number of halogens is 1. The maximum absolute atomic E-state index is 5.92. The van der Waals surface area contributed by atoms with Gasteiger partial charge in [0.2, 0.25) is 0 Å². The molecule has 23 heavy (non-hydrogen) atoms. The first-order valence-electron chi connectivity index (χ1n) is 9.03. The Morgan fingerprint density at radius 2 is 1.74 bits per heavy atom. The van der Waals surface area contributed by atoms with E-state index in [9.17, 15) is 0 Å². The third-order valence-electron chi connectivity index (χ3n) is 5.18. The molecule has 0 bridgehead atoms. The number of nitrogens with zero attached hydrogens (tertiary/aromatic N) is 1. The summed E-state index contributed by atoms with van der Waals surface area (Å²) in [7, 11) is 4.29. The van der Waals surface area contributed by atoms with Gasteiger partial charge in [-0.25, -0.2) is 0 Å². The number of ether oxygens (including phenoxy) is 1. The molecule has 0 amide bonds. The van der Waals surface area contributed by atoms with Crippen molar-refractivity contribution >= 4 is 12.4 Å². The van der Waals surface area contributed by atoms with Crippen LogP contribution in [0.5, 0.6) is 5.75 Å². The highest BCUT2D eigenvalue weighted by Gasteiger charge is 2.13. The predicted molar refractivity (Wildman–Crippen MR) is 102 cm³/mol. The lowest BCUT2D eigenvalue weighted by atomic mass is 9.87. The molecule has 0 radical (unpaired) electrons. The zero-order valence-electron chi connectivity index (χ0n) is 15.1. The molecule has 3 heteroatoms. The molecule has 1 unspecified atom stereocenters. The molecule has 1 aliphatic rings. The minimum Gasteiger partial charge on any atom is -0.494 e. The second kappa shape index (κ2) is 10.9. The lowest BCUT2D eigenvalue weighted by Crippen LogP contribution is -2.24. The molecule has 0 heterocycles. The van der Waals surface area contributed by atoms with Crippen molar-refractivity contribution in [1.82, 2.24) is 4.90 Å². The van der Waals surface area contributed by atoms with Crippen molar-refractivity contribution in [2.45, 2.75) is 64.3 Å². The molecule has 1 atom stereocenters. The second-order valence-corrected chi connectivity index (χ2v) is 7.14.